The van der Waals surface area contributed by atoms with Gasteiger partial charge in [0.1, 0.15) is 0 Å². The fourth-order valence-corrected chi connectivity index (χ4v) is 3.99. The van der Waals surface area contributed by atoms with Crippen molar-refractivity contribution in [2.45, 2.75) is 44.8 Å². The Morgan fingerprint density at radius 3 is 2.67 bits per heavy atom. The van der Waals surface area contributed by atoms with Crippen LogP contribution in [0.25, 0.3) is 0 Å². The van der Waals surface area contributed by atoms with Gasteiger partial charge in [0.2, 0.25) is 0 Å². The molecule has 2 N–H and O–H groups in total. The SMILES string of the molecule is CCNC(=NCC1(NC(C)c2ccccc2)CCOCC1)N(C)Cc1cnn(C)c1. The van der Waals surface area contributed by atoms with E-state index in [0.29, 0.717) is 6.54 Å². The highest BCUT2D eigenvalue weighted by atomic mass is 16.5. The van der Waals surface area contributed by atoms with E-state index in [2.05, 4.69) is 71.9 Å². The first-order chi connectivity index (χ1) is 14.5. The van der Waals surface area contributed by atoms with Crippen molar-refractivity contribution in [3.63, 3.8) is 0 Å². The number of guanidine groups is 1. The van der Waals surface area contributed by atoms with Crippen LogP contribution in [0.5, 0.6) is 0 Å². The number of aliphatic imine (C=N–C) groups is 1. The maximum Gasteiger partial charge on any atom is 0.194 e. The van der Waals surface area contributed by atoms with E-state index in [4.69, 9.17) is 9.73 Å². The minimum absolute atomic E-state index is 0.0661. The van der Waals surface area contributed by atoms with Crippen molar-refractivity contribution in [3.05, 3.63) is 53.9 Å². The molecule has 1 aliphatic rings. The first-order valence-electron chi connectivity index (χ1n) is 10.9. The summed E-state index contributed by atoms with van der Waals surface area (Å²) in [7, 11) is 4.02. The normalized spacial score (nSPS) is 17.5. The Kier molecular flexibility index (Phi) is 7.87. The van der Waals surface area contributed by atoms with Gasteiger partial charge in [-0.1, -0.05) is 30.3 Å². The fourth-order valence-electron chi connectivity index (χ4n) is 3.99. The maximum absolute atomic E-state index is 5.67. The third-order valence-corrected chi connectivity index (χ3v) is 5.68. The molecular formula is C23H36N6O. The smallest absolute Gasteiger partial charge is 0.194 e. The second-order valence-electron chi connectivity index (χ2n) is 8.22. The topological polar surface area (TPSA) is 66.7 Å². The second-order valence-corrected chi connectivity index (χ2v) is 8.22. The lowest BCUT2D eigenvalue weighted by atomic mass is 9.88. The van der Waals surface area contributed by atoms with Crippen LogP contribution in [0.1, 0.15) is 43.9 Å². The van der Waals surface area contributed by atoms with E-state index < -0.39 is 0 Å². The lowest BCUT2D eigenvalue weighted by molar-refractivity contribution is 0.0373. The highest BCUT2D eigenvalue weighted by Gasteiger charge is 2.34. The molecule has 1 unspecified atom stereocenters. The zero-order valence-electron chi connectivity index (χ0n) is 18.8. The number of hydrogen-bond donors (Lipinski definition) is 2. The van der Waals surface area contributed by atoms with E-state index >= 15 is 0 Å². The van der Waals surface area contributed by atoms with Gasteiger partial charge >= 0.3 is 0 Å². The van der Waals surface area contributed by atoms with Crippen molar-refractivity contribution in [3.8, 4) is 0 Å². The molecule has 30 heavy (non-hydrogen) atoms. The average molecular weight is 413 g/mol. The van der Waals surface area contributed by atoms with Gasteiger partial charge in [-0.05, 0) is 32.3 Å². The van der Waals surface area contributed by atoms with Gasteiger partial charge in [0, 0.05) is 63.7 Å². The minimum atomic E-state index is -0.0661. The molecule has 0 bridgehead atoms. The molecule has 0 spiro atoms. The number of nitrogens with zero attached hydrogens (tertiary/aromatic N) is 4. The van der Waals surface area contributed by atoms with Crippen LogP contribution in [0.4, 0.5) is 0 Å². The Bertz CT molecular complexity index is 797. The third kappa shape index (κ3) is 6.06. The van der Waals surface area contributed by atoms with Crippen molar-refractivity contribution in [1.29, 1.82) is 0 Å². The van der Waals surface area contributed by atoms with Crippen LogP contribution < -0.4 is 10.6 Å². The predicted molar refractivity (Wildman–Crippen MR) is 121 cm³/mol. The molecule has 1 aromatic heterocycles. The Morgan fingerprint density at radius 1 is 1.30 bits per heavy atom. The zero-order chi connectivity index (χ0) is 21.4. The Balaban J connectivity index is 1.73. The van der Waals surface area contributed by atoms with E-state index in [1.807, 2.05) is 24.1 Å². The molecule has 7 nitrogen and oxygen atoms in total. The summed E-state index contributed by atoms with van der Waals surface area (Å²) < 4.78 is 7.50. The Morgan fingerprint density at radius 2 is 2.03 bits per heavy atom. The average Bonchev–Trinajstić information content (AvgIpc) is 3.16. The van der Waals surface area contributed by atoms with Gasteiger partial charge < -0.3 is 20.3 Å². The number of ether oxygens (including phenoxy) is 1. The molecule has 0 saturated carbocycles. The summed E-state index contributed by atoms with van der Waals surface area (Å²) >= 11 is 0. The molecule has 2 heterocycles. The molecule has 1 atom stereocenters. The number of rotatable bonds is 8. The van der Waals surface area contributed by atoms with Crippen LogP contribution in [-0.4, -0.2) is 59.5 Å². The van der Waals surface area contributed by atoms with Crippen molar-refractivity contribution in [2.24, 2.45) is 12.0 Å². The molecule has 1 saturated heterocycles. The van der Waals surface area contributed by atoms with Gasteiger partial charge in [-0.2, -0.15) is 5.10 Å². The molecule has 0 radical (unpaired) electrons. The van der Waals surface area contributed by atoms with Crippen molar-refractivity contribution >= 4 is 5.96 Å². The van der Waals surface area contributed by atoms with Crippen LogP contribution in [0.2, 0.25) is 0 Å². The molecule has 0 aliphatic carbocycles. The maximum atomic E-state index is 5.67. The van der Waals surface area contributed by atoms with E-state index in [0.717, 1.165) is 45.1 Å². The summed E-state index contributed by atoms with van der Waals surface area (Å²) in [5.41, 5.74) is 2.40. The highest BCUT2D eigenvalue weighted by molar-refractivity contribution is 5.79. The molecule has 164 valence electrons. The van der Waals surface area contributed by atoms with Gasteiger partial charge in [0.25, 0.3) is 0 Å². The zero-order valence-corrected chi connectivity index (χ0v) is 18.8. The Hall–Kier alpha value is -2.38. The minimum Gasteiger partial charge on any atom is -0.381 e. The summed E-state index contributed by atoms with van der Waals surface area (Å²) in [5.74, 6) is 0.918. The lowest BCUT2D eigenvalue weighted by Crippen LogP contribution is -2.53. The number of aryl methyl sites for hydroxylation is 1. The molecule has 1 fully saturated rings. The fraction of sp³-hybridized carbons (Fsp3) is 0.565. The molecule has 1 aliphatic heterocycles. The van der Waals surface area contributed by atoms with Gasteiger partial charge in [0.05, 0.1) is 12.7 Å². The van der Waals surface area contributed by atoms with Crippen molar-refractivity contribution < 1.29 is 4.74 Å². The first kappa shape index (κ1) is 22.3. The summed E-state index contributed by atoms with van der Waals surface area (Å²) in [6, 6.07) is 10.9. The van der Waals surface area contributed by atoms with Crippen LogP contribution in [-0.2, 0) is 18.3 Å². The number of aromatic nitrogens is 2. The lowest BCUT2D eigenvalue weighted by Gasteiger charge is -2.39. The van der Waals surface area contributed by atoms with Crippen molar-refractivity contribution in [2.75, 3.05) is 33.4 Å². The van der Waals surface area contributed by atoms with Crippen LogP contribution in [0.3, 0.4) is 0 Å². The standard InChI is InChI=1S/C23H36N6O/c1-5-24-22(28(3)16-20-15-26-29(4)17-20)25-18-23(11-13-30-14-12-23)27-19(2)21-9-7-6-8-10-21/h6-10,15,17,19,27H,5,11-14,16,18H2,1-4H3,(H,24,25). The van der Waals surface area contributed by atoms with Crippen molar-refractivity contribution in [1.82, 2.24) is 25.3 Å². The molecule has 2 aromatic rings. The van der Waals surface area contributed by atoms with Gasteiger partial charge in [-0.3, -0.25) is 9.67 Å². The number of hydrogen-bond acceptors (Lipinski definition) is 4. The monoisotopic (exact) mass is 412 g/mol. The summed E-state index contributed by atoms with van der Waals surface area (Å²) in [4.78, 5) is 7.21. The van der Waals surface area contributed by atoms with E-state index in [1.54, 1.807) is 0 Å². The van der Waals surface area contributed by atoms with Crippen LogP contribution in [0.15, 0.2) is 47.7 Å². The Labute approximate surface area is 180 Å². The van der Waals surface area contributed by atoms with Crippen LogP contribution >= 0.6 is 0 Å². The largest absolute Gasteiger partial charge is 0.381 e. The summed E-state index contributed by atoms with van der Waals surface area (Å²) in [6.45, 7) is 8.19. The molecule has 3 rings (SSSR count). The molecule has 1 aromatic carbocycles. The molecular weight excluding hydrogens is 376 g/mol. The van der Waals surface area contributed by atoms with E-state index in [1.165, 1.54) is 11.1 Å². The first-order valence-corrected chi connectivity index (χ1v) is 10.9. The number of benzene rings is 1. The molecule has 0 amide bonds. The van der Waals surface area contributed by atoms with Crippen LogP contribution in [0, 0.1) is 0 Å². The highest BCUT2D eigenvalue weighted by Crippen LogP contribution is 2.26. The van der Waals surface area contributed by atoms with Gasteiger partial charge in [0.15, 0.2) is 5.96 Å². The van der Waals surface area contributed by atoms with Gasteiger partial charge in [-0.15, -0.1) is 0 Å². The number of nitrogens with one attached hydrogen (secondary N) is 2. The molecule has 7 heteroatoms. The second kappa shape index (κ2) is 10.6. The predicted octanol–water partition coefficient (Wildman–Crippen LogP) is 2.72. The third-order valence-electron chi connectivity index (χ3n) is 5.68. The quantitative estimate of drug-likeness (QED) is 0.516. The van der Waals surface area contributed by atoms with Gasteiger partial charge in [-0.25, -0.2) is 0 Å². The summed E-state index contributed by atoms with van der Waals surface area (Å²) in [5, 5.41) is 11.6. The van der Waals surface area contributed by atoms with E-state index in [9.17, 15) is 0 Å². The van der Waals surface area contributed by atoms with E-state index in [-0.39, 0.29) is 11.6 Å². The summed E-state index contributed by atoms with van der Waals surface area (Å²) in [6.07, 6.45) is 5.87.